The minimum Gasteiger partial charge on any atom is -0.490 e. The molecule has 0 saturated carbocycles. The number of hydrogen-bond donors (Lipinski definition) is 2. The first-order valence-corrected chi connectivity index (χ1v) is 6.12. The van der Waals surface area contributed by atoms with Crippen LogP contribution in [-0.4, -0.2) is 36.8 Å². The van der Waals surface area contributed by atoms with E-state index in [1.807, 2.05) is 19.3 Å². The quantitative estimate of drug-likeness (QED) is 0.697. The first-order chi connectivity index (χ1) is 9.58. The number of carboxylic acids is 1. The number of rotatable bonds is 8. The molecule has 0 bridgehead atoms. The van der Waals surface area contributed by atoms with Crippen molar-refractivity contribution in [3.8, 4) is 11.5 Å². The van der Waals surface area contributed by atoms with E-state index in [1.54, 1.807) is 6.07 Å². The lowest BCUT2D eigenvalue weighted by Gasteiger charge is -2.12. The van der Waals surface area contributed by atoms with Crippen molar-refractivity contribution in [2.24, 2.45) is 0 Å². The molecule has 0 aliphatic rings. The number of carbonyl (C=O) groups is 2. The molecule has 0 unspecified atom stereocenters. The van der Waals surface area contributed by atoms with E-state index < -0.39 is 18.5 Å². The van der Waals surface area contributed by atoms with E-state index in [9.17, 15) is 9.59 Å². The Hall–Kier alpha value is -2.28. The fourth-order valence-corrected chi connectivity index (χ4v) is 1.41. The van der Waals surface area contributed by atoms with E-state index in [4.69, 9.17) is 14.6 Å². The van der Waals surface area contributed by atoms with Crippen LogP contribution in [0, 0.1) is 0 Å². The second-order valence-corrected chi connectivity index (χ2v) is 3.64. The van der Waals surface area contributed by atoms with Gasteiger partial charge in [-0.1, -0.05) is 0 Å². The van der Waals surface area contributed by atoms with Gasteiger partial charge in [0.05, 0.1) is 13.2 Å². The fourth-order valence-electron chi connectivity index (χ4n) is 1.41. The van der Waals surface area contributed by atoms with E-state index in [0.29, 0.717) is 24.7 Å². The summed E-state index contributed by atoms with van der Waals surface area (Å²) in [5.74, 6) is -0.750. The lowest BCUT2D eigenvalue weighted by atomic mass is 10.2. The van der Waals surface area contributed by atoms with Crippen LogP contribution in [0.3, 0.4) is 0 Å². The maximum absolute atomic E-state index is 11.7. The summed E-state index contributed by atoms with van der Waals surface area (Å²) in [5.41, 5.74) is 2.31. The zero-order valence-electron chi connectivity index (χ0n) is 11.3. The molecule has 0 saturated heterocycles. The molecular formula is C13H17NO6. The molecule has 1 amide bonds. The number of aliphatic carboxylic acids is 1. The van der Waals surface area contributed by atoms with Gasteiger partial charge in [-0.05, 0) is 32.0 Å². The molecule has 110 valence electrons. The molecule has 7 nitrogen and oxygen atoms in total. The van der Waals surface area contributed by atoms with Crippen LogP contribution in [0.15, 0.2) is 18.2 Å². The van der Waals surface area contributed by atoms with Crippen LogP contribution in [0.5, 0.6) is 11.5 Å². The van der Waals surface area contributed by atoms with Gasteiger partial charge in [-0.3, -0.25) is 9.63 Å². The van der Waals surface area contributed by atoms with Crippen LogP contribution in [-0.2, 0) is 9.63 Å². The van der Waals surface area contributed by atoms with Crippen molar-refractivity contribution in [2.75, 3.05) is 19.8 Å². The normalized spacial score (nSPS) is 9.90. The predicted molar refractivity (Wildman–Crippen MR) is 69.8 cm³/mol. The third-order valence-corrected chi connectivity index (χ3v) is 2.17. The van der Waals surface area contributed by atoms with Crippen molar-refractivity contribution in [2.45, 2.75) is 13.8 Å². The van der Waals surface area contributed by atoms with E-state index in [-0.39, 0.29) is 5.56 Å². The number of nitrogens with one attached hydrogen (secondary N) is 1. The standard InChI is InChI=1S/C13H17NO6/c1-3-18-10-6-5-9(7-11(10)19-4-2)13(17)14-20-8-12(15)16/h5-7H,3-4,8H2,1-2H3,(H,14,17)(H,15,16). The van der Waals surface area contributed by atoms with Gasteiger partial charge in [0.15, 0.2) is 18.1 Å². The van der Waals surface area contributed by atoms with Gasteiger partial charge >= 0.3 is 5.97 Å². The Kier molecular flexibility index (Phi) is 6.31. The number of hydrogen-bond acceptors (Lipinski definition) is 5. The molecule has 0 fully saturated rings. The Morgan fingerprint density at radius 3 is 2.40 bits per heavy atom. The molecule has 1 aromatic carbocycles. The third kappa shape index (κ3) is 4.77. The summed E-state index contributed by atoms with van der Waals surface area (Å²) >= 11 is 0. The molecule has 20 heavy (non-hydrogen) atoms. The van der Waals surface area contributed by atoms with Gasteiger partial charge in [0.25, 0.3) is 5.91 Å². The smallest absolute Gasteiger partial charge is 0.332 e. The lowest BCUT2D eigenvalue weighted by molar-refractivity contribution is -0.144. The van der Waals surface area contributed by atoms with Crippen molar-refractivity contribution < 1.29 is 29.0 Å². The predicted octanol–water partition coefficient (Wildman–Crippen LogP) is 1.23. The Balaban J connectivity index is 2.76. The number of carbonyl (C=O) groups excluding carboxylic acids is 1. The summed E-state index contributed by atoms with van der Waals surface area (Å²) in [6, 6.07) is 4.65. The molecule has 0 radical (unpaired) electrons. The molecule has 1 rings (SSSR count). The highest BCUT2D eigenvalue weighted by molar-refractivity contribution is 5.94. The molecule has 0 aliphatic heterocycles. The Morgan fingerprint density at radius 2 is 1.80 bits per heavy atom. The third-order valence-electron chi connectivity index (χ3n) is 2.17. The summed E-state index contributed by atoms with van der Waals surface area (Å²) in [7, 11) is 0. The summed E-state index contributed by atoms with van der Waals surface area (Å²) < 4.78 is 10.8. The summed E-state index contributed by atoms with van der Waals surface area (Å²) in [4.78, 5) is 26.5. The zero-order valence-corrected chi connectivity index (χ0v) is 11.3. The van der Waals surface area contributed by atoms with Crippen molar-refractivity contribution in [3.05, 3.63) is 23.8 Å². The van der Waals surface area contributed by atoms with Crippen LogP contribution in [0.4, 0.5) is 0 Å². The van der Waals surface area contributed by atoms with Gasteiger partial charge in [-0.2, -0.15) is 0 Å². The molecule has 0 heterocycles. The van der Waals surface area contributed by atoms with Crippen LogP contribution in [0.1, 0.15) is 24.2 Å². The highest BCUT2D eigenvalue weighted by Crippen LogP contribution is 2.28. The van der Waals surface area contributed by atoms with Crippen LogP contribution < -0.4 is 15.0 Å². The van der Waals surface area contributed by atoms with Crippen molar-refractivity contribution in [3.63, 3.8) is 0 Å². The number of amides is 1. The molecule has 1 aromatic rings. The maximum Gasteiger partial charge on any atom is 0.332 e. The molecule has 0 spiro atoms. The zero-order chi connectivity index (χ0) is 15.0. The average Bonchev–Trinajstić information content (AvgIpc) is 2.40. The molecule has 0 aliphatic carbocycles. The Labute approximate surface area is 116 Å². The molecule has 2 N–H and O–H groups in total. The Morgan fingerprint density at radius 1 is 1.15 bits per heavy atom. The average molecular weight is 283 g/mol. The van der Waals surface area contributed by atoms with Gasteiger partial charge in [-0.25, -0.2) is 10.3 Å². The number of carboxylic acid groups (broad SMARTS) is 1. The molecule has 7 heteroatoms. The van der Waals surface area contributed by atoms with Gasteiger partial charge in [0, 0.05) is 5.56 Å². The topological polar surface area (TPSA) is 94.1 Å². The highest BCUT2D eigenvalue weighted by atomic mass is 16.7. The van der Waals surface area contributed by atoms with Crippen LogP contribution in [0.2, 0.25) is 0 Å². The fraction of sp³-hybridized carbons (Fsp3) is 0.385. The summed E-state index contributed by atoms with van der Waals surface area (Å²) in [5, 5.41) is 8.39. The van der Waals surface area contributed by atoms with E-state index >= 15 is 0 Å². The largest absolute Gasteiger partial charge is 0.490 e. The molecule has 0 atom stereocenters. The van der Waals surface area contributed by atoms with Crippen molar-refractivity contribution in [1.29, 1.82) is 0 Å². The van der Waals surface area contributed by atoms with Gasteiger partial charge < -0.3 is 14.6 Å². The van der Waals surface area contributed by atoms with E-state index in [0.717, 1.165) is 0 Å². The highest BCUT2D eigenvalue weighted by Gasteiger charge is 2.12. The second kappa shape index (κ2) is 8.00. The SMILES string of the molecule is CCOc1ccc(C(=O)NOCC(=O)O)cc1OCC. The van der Waals surface area contributed by atoms with Crippen molar-refractivity contribution in [1.82, 2.24) is 5.48 Å². The second-order valence-electron chi connectivity index (χ2n) is 3.64. The maximum atomic E-state index is 11.7. The van der Waals surface area contributed by atoms with E-state index in [1.165, 1.54) is 12.1 Å². The minimum atomic E-state index is -1.17. The number of hydroxylamine groups is 1. The minimum absolute atomic E-state index is 0.280. The first-order valence-electron chi connectivity index (χ1n) is 6.12. The lowest BCUT2D eigenvalue weighted by Crippen LogP contribution is -2.26. The van der Waals surface area contributed by atoms with Crippen molar-refractivity contribution >= 4 is 11.9 Å². The van der Waals surface area contributed by atoms with E-state index in [2.05, 4.69) is 4.84 Å². The van der Waals surface area contributed by atoms with Gasteiger partial charge in [-0.15, -0.1) is 0 Å². The van der Waals surface area contributed by atoms with Gasteiger partial charge in [0.2, 0.25) is 0 Å². The molecular weight excluding hydrogens is 266 g/mol. The molecule has 0 aromatic heterocycles. The number of ether oxygens (including phenoxy) is 2. The van der Waals surface area contributed by atoms with Crippen LogP contribution in [0.25, 0.3) is 0 Å². The summed E-state index contributed by atoms with van der Waals surface area (Å²) in [6.45, 7) is 3.96. The Bertz CT molecular complexity index is 474. The van der Waals surface area contributed by atoms with Crippen LogP contribution >= 0.6 is 0 Å². The summed E-state index contributed by atoms with van der Waals surface area (Å²) in [6.07, 6.45) is 0. The van der Waals surface area contributed by atoms with Gasteiger partial charge in [0.1, 0.15) is 0 Å². The first kappa shape index (κ1) is 15.8. The monoisotopic (exact) mass is 283 g/mol. The number of benzene rings is 1.